The molecule has 0 unspecified atom stereocenters. The summed E-state index contributed by atoms with van der Waals surface area (Å²) in [6, 6.07) is 18.2. The fourth-order valence-electron chi connectivity index (χ4n) is 3.37. The van der Waals surface area contributed by atoms with Crippen molar-refractivity contribution in [1.29, 1.82) is 0 Å². The van der Waals surface area contributed by atoms with Gasteiger partial charge in [-0.2, -0.15) is 0 Å². The third kappa shape index (κ3) is 3.11. The Morgan fingerprint density at radius 2 is 1.77 bits per heavy atom. The molecule has 3 heterocycles. The van der Waals surface area contributed by atoms with Gasteiger partial charge in [0.15, 0.2) is 11.6 Å². The predicted octanol–water partition coefficient (Wildman–Crippen LogP) is 3.84. The number of hydrogen-bond acceptors (Lipinski definition) is 7. The Bertz CT molecular complexity index is 1490. The molecular formula is C21H17N5O3S2. The number of benzene rings is 2. The molecule has 5 rings (SSSR count). The Morgan fingerprint density at radius 1 is 1.00 bits per heavy atom. The standard InChI is InChI=1S/C21H17N5O3S2/c1-25(31(27,28)18-8-5-13-30-18)20-21-24-23-19(14-9-11-15(29-2)12-10-14)26(21)17-7-4-3-6-16(17)22-20/h3-13H,1-2H3. The maximum atomic E-state index is 13.1. The second kappa shape index (κ2) is 7.33. The summed E-state index contributed by atoms with van der Waals surface area (Å²) in [6.07, 6.45) is 0. The molecule has 0 atom stereocenters. The first-order valence-corrected chi connectivity index (χ1v) is 11.6. The fraction of sp³-hybridized carbons (Fsp3) is 0.0952. The summed E-state index contributed by atoms with van der Waals surface area (Å²) >= 11 is 1.16. The summed E-state index contributed by atoms with van der Waals surface area (Å²) in [5, 5.41) is 10.4. The summed E-state index contributed by atoms with van der Waals surface area (Å²) in [5.41, 5.74) is 2.58. The summed E-state index contributed by atoms with van der Waals surface area (Å²) in [7, 11) is -0.693. The van der Waals surface area contributed by atoms with Crippen LogP contribution in [0.1, 0.15) is 0 Å². The minimum Gasteiger partial charge on any atom is -0.497 e. The highest BCUT2D eigenvalue weighted by Crippen LogP contribution is 2.31. The van der Waals surface area contributed by atoms with Crippen LogP contribution in [-0.4, -0.2) is 42.2 Å². The number of ether oxygens (including phenoxy) is 1. The molecule has 0 amide bonds. The molecule has 0 radical (unpaired) electrons. The molecule has 3 aromatic heterocycles. The third-order valence-electron chi connectivity index (χ3n) is 4.97. The highest BCUT2D eigenvalue weighted by Gasteiger charge is 2.27. The van der Waals surface area contributed by atoms with Crippen LogP contribution in [-0.2, 0) is 10.0 Å². The van der Waals surface area contributed by atoms with E-state index >= 15 is 0 Å². The van der Waals surface area contributed by atoms with Gasteiger partial charge in [0.2, 0.25) is 5.65 Å². The average molecular weight is 452 g/mol. The molecule has 0 saturated carbocycles. The van der Waals surface area contributed by atoms with E-state index in [1.54, 1.807) is 24.6 Å². The summed E-state index contributed by atoms with van der Waals surface area (Å²) in [6.45, 7) is 0. The second-order valence-corrected chi connectivity index (χ2v) is 9.88. The van der Waals surface area contributed by atoms with Gasteiger partial charge in [0.25, 0.3) is 10.0 Å². The molecule has 0 N–H and O–H groups in total. The molecule has 0 aliphatic carbocycles. The number of hydrogen-bond donors (Lipinski definition) is 0. The first kappa shape index (κ1) is 19.5. The topological polar surface area (TPSA) is 89.7 Å². The number of anilines is 1. The minimum absolute atomic E-state index is 0.208. The van der Waals surface area contributed by atoms with E-state index in [1.807, 2.05) is 52.9 Å². The van der Waals surface area contributed by atoms with Crippen LogP contribution < -0.4 is 9.04 Å². The molecule has 0 saturated heterocycles. The van der Waals surface area contributed by atoms with Gasteiger partial charge in [0.1, 0.15) is 9.96 Å². The molecule has 0 bridgehead atoms. The van der Waals surface area contributed by atoms with Crippen LogP contribution in [0.2, 0.25) is 0 Å². The van der Waals surface area contributed by atoms with Crippen molar-refractivity contribution in [3.8, 4) is 17.1 Å². The van der Waals surface area contributed by atoms with Gasteiger partial charge in [-0.1, -0.05) is 18.2 Å². The third-order valence-corrected chi connectivity index (χ3v) is 8.09. The smallest absolute Gasteiger partial charge is 0.274 e. The summed E-state index contributed by atoms with van der Waals surface area (Å²) < 4.78 is 34.8. The first-order chi connectivity index (χ1) is 15.0. The number of sulfonamides is 1. The monoisotopic (exact) mass is 451 g/mol. The van der Waals surface area contributed by atoms with E-state index in [4.69, 9.17) is 4.74 Å². The van der Waals surface area contributed by atoms with Crippen molar-refractivity contribution in [2.45, 2.75) is 4.21 Å². The number of para-hydroxylation sites is 2. The lowest BCUT2D eigenvalue weighted by molar-refractivity contribution is 0.415. The lowest BCUT2D eigenvalue weighted by Gasteiger charge is -2.18. The van der Waals surface area contributed by atoms with Gasteiger partial charge in [-0.05, 0) is 47.8 Å². The normalized spacial score (nSPS) is 11.8. The van der Waals surface area contributed by atoms with E-state index in [1.165, 1.54) is 7.05 Å². The van der Waals surface area contributed by atoms with Crippen molar-refractivity contribution >= 4 is 43.9 Å². The summed E-state index contributed by atoms with van der Waals surface area (Å²) in [4.78, 5) is 4.62. The van der Waals surface area contributed by atoms with Gasteiger partial charge in [-0.25, -0.2) is 17.7 Å². The Morgan fingerprint density at radius 3 is 2.48 bits per heavy atom. The van der Waals surface area contributed by atoms with Crippen molar-refractivity contribution in [3.05, 3.63) is 66.0 Å². The molecule has 0 fully saturated rings. The number of aromatic nitrogens is 4. The van der Waals surface area contributed by atoms with Gasteiger partial charge in [-0.15, -0.1) is 21.5 Å². The highest BCUT2D eigenvalue weighted by atomic mass is 32.2. The Balaban J connectivity index is 1.78. The number of thiophene rings is 1. The number of methoxy groups -OCH3 is 1. The zero-order valence-corrected chi connectivity index (χ0v) is 18.3. The zero-order chi connectivity index (χ0) is 21.6. The van der Waals surface area contributed by atoms with Crippen LogP contribution in [0.4, 0.5) is 5.82 Å². The summed E-state index contributed by atoms with van der Waals surface area (Å²) in [5.74, 6) is 1.52. The van der Waals surface area contributed by atoms with E-state index in [0.29, 0.717) is 17.0 Å². The van der Waals surface area contributed by atoms with Crippen molar-refractivity contribution in [3.63, 3.8) is 0 Å². The highest BCUT2D eigenvalue weighted by molar-refractivity contribution is 7.94. The largest absolute Gasteiger partial charge is 0.497 e. The predicted molar refractivity (Wildman–Crippen MR) is 120 cm³/mol. The Kier molecular flexibility index (Phi) is 4.60. The average Bonchev–Trinajstić information content (AvgIpc) is 3.49. The van der Waals surface area contributed by atoms with Crippen LogP contribution in [0.25, 0.3) is 28.1 Å². The first-order valence-electron chi connectivity index (χ1n) is 9.31. The number of nitrogens with zero attached hydrogens (tertiary/aromatic N) is 5. The van der Waals surface area contributed by atoms with Crippen molar-refractivity contribution < 1.29 is 13.2 Å². The molecule has 0 spiro atoms. The number of rotatable bonds is 5. The molecule has 156 valence electrons. The van der Waals surface area contributed by atoms with Gasteiger partial charge in [0.05, 0.1) is 18.1 Å². The van der Waals surface area contributed by atoms with Crippen LogP contribution >= 0.6 is 11.3 Å². The molecule has 31 heavy (non-hydrogen) atoms. The minimum atomic E-state index is -3.78. The van der Waals surface area contributed by atoms with Gasteiger partial charge < -0.3 is 4.74 Å². The van der Waals surface area contributed by atoms with Crippen LogP contribution in [0.3, 0.4) is 0 Å². The van der Waals surface area contributed by atoms with E-state index < -0.39 is 10.0 Å². The van der Waals surface area contributed by atoms with E-state index in [2.05, 4.69) is 15.2 Å². The molecule has 2 aromatic carbocycles. The van der Waals surface area contributed by atoms with Crippen LogP contribution in [0.15, 0.2) is 70.3 Å². The van der Waals surface area contributed by atoms with Crippen molar-refractivity contribution in [1.82, 2.24) is 19.6 Å². The lowest BCUT2D eigenvalue weighted by atomic mass is 10.2. The van der Waals surface area contributed by atoms with Crippen LogP contribution in [0.5, 0.6) is 5.75 Å². The van der Waals surface area contributed by atoms with Gasteiger partial charge >= 0.3 is 0 Å². The molecular weight excluding hydrogens is 434 g/mol. The van der Waals surface area contributed by atoms with Gasteiger partial charge in [0, 0.05) is 12.6 Å². The van der Waals surface area contributed by atoms with Crippen molar-refractivity contribution in [2.24, 2.45) is 0 Å². The van der Waals surface area contributed by atoms with E-state index in [0.717, 1.165) is 32.5 Å². The molecule has 10 heteroatoms. The second-order valence-electron chi connectivity index (χ2n) is 6.74. The number of fused-ring (bicyclic) bond motifs is 3. The lowest BCUT2D eigenvalue weighted by Crippen LogP contribution is -2.27. The molecule has 0 aliphatic rings. The Hall–Kier alpha value is -3.50. The quantitative estimate of drug-likeness (QED) is 0.403. The fourth-order valence-corrected chi connectivity index (χ4v) is 5.67. The molecule has 5 aromatic rings. The van der Waals surface area contributed by atoms with E-state index in [9.17, 15) is 8.42 Å². The molecule has 0 aliphatic heterocycles. The Labute approximate surface area is 182 Å². The maximum absolute atomic E-state index is 13.1. The van der Waals surface area contributed by atoms with E-state index in [-0.39, 0.29) is 10.0 Å². The van der Waals surface area contributed by atoms with Crippen molar-refractivity contribution in [2.75, 3.05) is 18.5 Å². The van der Waals surface area contributed by atoms with Gasteiger partial charge in [-0.3, -0.25) is 4.40 Å². The maximum Gasteiger partial charge on any atom is 0.274 e. The molecule has 8 nitrogen and oxygen atoms in total. The van der Waals surface area contributed by atoms with Crippen LogP contribution in [0, 0.1) is 0 Å². The SMILES string of the molecule is COc1ccc(-c2nnc3c(N(C)S(=O)(=O)c4cccs4)nc4ccccc4n23)cc1. The zero-order valence-electron chi connectivity index (χ0n) is 16.6.